The first-order valence-electron chi connectivity index (χ1n) is 9.15. The van der Waals surface area contributed by atoms with Crippen molar-refractivity contribution in [3.8, 4) is 0 Å². The Hall–Kier alpha value is -2.04. The number of hydrogen-bond donors (Lipinski definition) is 3. The fourth-order valence-corrected chi connectivity index (χ4v) is 5.00. The van der Waals surface area contributed by atoms with Crippen molar-refractivity contribution in [2.24, 2.45) is 17.8 Å². The Balaban J connectivity index is 1.40. The van der Waals surface area contributed by atoms with Crippen LogP contribution >= 0.6 is 0 Å². The molecule has 3 N–H and O–H groups in total. The second-order valence-electron chi connectivity index (χ2n) is 7.96. The average molecular weight is 325 g/mol. The third-order valence-corrected chi connectivity index (χ3v) is 6.40. The highest BCUT2D eigenvalue weighted by Gasteiger charge is 2.55. The van der Waals surface area contributed by atoms with Gasteiger partial charge in [-0.1, -0.05) is 12.1 Å². The summed E-state index contributed by atoms with van der Waals surface area (Å²) in [6.45, 7) is 0. The predicted octanol–water partition coefficient (Wildman–Crippen LogP) is 2.25. The van der Waals surface area contributed by atoms with Crippen LogP contribution in [0.15, 0.2) is 24.3 Å². The first-order valence-corrected chi connectivity index (χ1v) is 9.15. The summed E-state index contributed by atoms with van der Waals surface area (Å²) in [7, 11) is 0. The van der Waals surface area contributed by atoms with Gasteiger partial charge in [0.1, 0.15) is 5.66 Å². The minimum atomic E-state index is -0.370. The van der Waals surface area contributed by atoms with Crippen molar-refractivity contribution in [2.45, 2.75) is 50.2 Å². The minimum absolute atomic E-state index is 0.0101. The summed E-state index contributed by atoms with van der Waals surface area (Å²) in [5.74, 6) is 1.04. The molecule has 6 rings (SSSR count). The number of fused-ring (bicyclic) bond motifs is 3. The molecule has 2 amide bonds. The quantitative estimate of drug-likeness (QED) is 0.781. The van der Waals surface area contributed by atoms with Gasteiger partial charge in [0.15, 0.2) is 0 Å². The Bertz CT molecular complexity index is 714. The van der Waals surface area contributed by atoms with E-state index in [1.54, 1.807) is 0 Å². The van der Waals surface area contributed by atoms with E-state index in [-0.39, 0.29) is 23.4 Å². The first kappa shape index (κ1) is 14.3. The Morgan fingerprint density at radius 1 is 1.12 bits per heavy atom. The Labute approximate surface area is 141 Å². The van der Waals surface area contributed by atoms with Gasteiger partial charge in [-0.05, 0) is 56.6 Å². The summed E-state index contributed by atoms with van der Waals surface area (Å²) in [5.41, 5.74) is 1.27. The molecule has 4 aliphatic carbocycles. The van der Waals surface area contributed by atoms with E-state index >= 15 is 0 Å². The van der Waals surface area contributed by atoms with Crippen LogP contribution in [0.5, 0.6) is 0 Å². The number of hydrogen-bond acceptors (Lipinski definition) is 3. The zero-order chi connectivity index (χ0) is 16.3. The van der Waals surface area contributed by atoms with Gasteiger partial charge in [-0.25, -0.2) is 0 Å². The molecule has 24 heavy (non-hydrogen) atoms. The fourth-order valence-electron chi connectivity index (χ4n) is 5.00. The van der Waals surface area contributed by atoms with Crippen LogP contribution in [0.4, 0.5) is 5.69 Å². The molecule has 1 spiro atoms. The van der Waals surface area contributed by atoms with Crippen LogP contribution in [0.2, 0.25) is 0 Å². The third kappa shape index (κ3) is 2.14. The van der Waals surface area contributed by atoms with Gasteiger partial charge < -0.3 is 16.0 Å². The maximum atomic E-state index is 12.6. The fraction of sp³-hybridized carbons (Fsp3) is 0.579. The van der Waals surface area contributed by atoms with E-state index in [9.17, 15) is 9.59 Å². The van der Waals surface area contributed by atoms with E-state index in [0.29, 0.717) is 23.4 Å². The molecule has 5 nitrogen and oxygen atoms in total. The normalized spacial score (nSPS) is 36.7. The molecule has 1 aromatic rings. The van der Waals surface area contributed by atoms with E-state index in [2.05, 4.69) is 16.0 Å². The summed E-state index contributed by atoms with van der Waals surface area (Å²) in [5, 5.41) is 10.1. The number of rotatable bonds is 2. The molecule has 4 saturated carbocycles. The molecule has 5 heteroatoms. The topological polar surface area (TPSA) is 70.2 Å². The summed E-state index contributed by atoms with van der Waals surface area (Å²) in [6.07, 6.45) is 6.15. The van der Waals surface area contributed by atoms with Crippen molar-refractivity contribution in [1.82, 2.24) is 10.6 Å². The number of carbonyl (C=O) groups excluding carboxylic acids is 2. The van der Waals surface area contributed by atoms with Crippen LogP contribution < -0.4 is 16.0 Å². The van der Waals surface area contributed by atoms with Gasteiger partial charge in [-0.2, -0.15) is 0 Å². The Kier molecular flexibility index (Phi) is 2.97. The van der Waals surface area contributed by atoms with Crippen LogP contribution in [0.3, 0.4) is 0 Å². The third-order valence-electron chi connectivity index (χ3n) is 6.40. The maximum Gasteiger partial charge on any atom is 0.255 e. The molecule has 0 radical (unpaired) electrons. The number of amides is 2. The smallest absolute Gasteiger partial charge is 0.255 e. The molecule has 1 heterocycles. The van der Waals surface area contributed by atoms with Crippen molar-refractivity contribution in [3.05, 3.63) is 29.8 Å². The van der Waals surface area contributed by atoms with Gasteiger partial charge in [-0.15, -0.1) is 0 Å². The average Bonchev–Trinajstić information content (AvgIpc) is 3.39. The van der Waals surface area contributed by atoms with Gasteiger partial charge in [-0.3, -0.25) is 9.59 Å². The lowest BCUT2D eigenvalue weighted by Crippen LogP contribution is -2.68. The van der Waals surface area contributed by atoms with Gasteiger partial charge in [0.05, 0.1) is 5.56 Å². The molecule has 126 valence electrons. The lowest BCUT2D eigenvalue weighted by Gasteiger charge is -2.56. The van der Waals surface area contributed by atoms with Crippen molar-refractivity contribution >= 4 is 17.5 Å². The van der Waals surface area contributed by atoms with Crippen molar-refractivity contribution in [1.29, 1.82) is 0 Å². The first-order chi connectivity index (χ1) is 11.6. The van der Waals surface area contributed by atoms with E-state index in [1.165, 1.54) is 0 Å². The van der Waals surface area contributed by atoms with Crippen LogP contribution in [-0.2, 0) is 4.79 Å². The monoisotopic (exact) mass is 325 g/mol. The second-order valence-corrected chi connectivity index (χ2v) is 7.96. The van der Waals surface area contributed by atoms with Gasteiger partial charge in [0.2, 0.25) is 5.91 Å². The van der Waals surface area contributed by atoms with Crippen molar-refractivity contribution in [2.75, 3.05) is 5.32 Å². The second kappa shape index (κ2) is 4.98. The van der Waals surface area contributed by atoms with Crippen LogP contribution in [0, 0.1) is 17.8 Å². The molecule has 4 fully saturated rings. The molecule has 1 aliphatic heterocycles. The molecule has 2 bridgehead atoms. The lowest BCUT2D eigenvalue weighted by atomic mass is 9.58. The lowest BCUT2D eigenvalue weighted by molar-refractivity contribution is -0.132. The highest BCUT2D eigenvalue weighted by Crippen LogP contribution is 2.51. The zero-order valence-electron chi connectivity index (χ0n) is 13.7. The zero-order valence-corrected chi connectivity index (χ0v) is 13.7. The highest BCUT2D eigenvalue weighted by atomic mass is 16.2. The Morgan fingerprint density at radius 3 is 2.71 bits per heavy atom. The van der Waals surface area contributed by atoms with Gasteiger partial charge in [0, 0.05) is 23.6 Å². The summed E-state index contributed by atoms with van der Waals surface area (Å²) >= 11 is 0. The largest absolute Gasteiger partial charge is 0.362 e. The van der Waals surface area contributed by atoms with Crippen LogP contribution in [0.1, 0.15) is 48.9 Å². The predicted molar refractivity (Wildman–Crippen MR) is 90.4 cm³/mol. The number of benzene rings is 1. The van der Waals surface area contributed by atoms with Crippen molar-refractivity contribution in [3.63, 3.8) is 0 Å². The SMILES string of the molecule is O=C1N[C@@]2(C[C@H]3CC[C@@H]2C[C@@H]3C(=O)NC2CC2)Nc2ccccc21. The molecule has 4 atom stereocenters. The molecule has 0 aromatic heterocycles. The molecule has 0 saturated heterocycles. The summed E-state index contributed by atoms with van der Waals surface area (Å²) in [4.78, 5) is 25.1. The standard InChI is InChI=1S/C19H23N3O2/c23-17(20-13-7-8-13)15-9-12-6-5-11(15)10-19(12)21-16-4-2-1-3-14(16)18(24)22-19/h1-4,11-13,15,21H,5-10H2,(H,20,23)(H,22,24)/t11-,12-,15+,19-/m1/s1. The Morgan fingerprint density at radius 2 is 1.96 bits per heavy atom. The van der Waals surface area contributed by atoms with Crippen LogP contribution in [0.25, 0.3) is 0 Å². The van der Waals surface area contributed by atoms with E-state index in [0.717, 1.165) is 44.2 Å². The van der Waals surface area contributed by atoms with Crippen molar-refractivity contribution < 1.29 is 9.59 Å². The minimum Gasteiger partial charge on any atom is -0.362 e. The van der Waals surface area contributed by atoms with Crippen LogP contribution in [-0.4, -0.2) is 23.5 Å². The maximum absolute atomic E-state index is 12.6. The molecule has 5 aliphatic rings. The van der Waals surface area contributed by atoms with Gasteiger partial charge >= 0.3 is 0 Å². The van der Waals surface area contributed by atoms with E-state index < -0.39 is 0 Å². The molecular formula is C19H23N3O2. The summed E-state index contributed by atoms with van der Waals surface area (Å²) in [6, 6.07) is 8.12. The number of anilines is 1. The molecular weight excluding hydrogens is 302 g/mol. The molecule has 0 unspecified atom stereocenters. The number of nitrogens with one attached hydrogen (secondary N) is 3. The number of carbonyl (C=O) groups is 2. The number of para-hydroxylation sites is 1. The van der Waals surface area contributed by atoms with Gasteiger partial charge in [0.25, 0.3) is 5.91 Å². The van der Waals surface area contributed by atoms with E-state index in [4.69, 9.17) is 0 Å². The highest BCUT2D eigenvalue weighted by molar-refractivity contribution is 6.02. The van der Waals surface area contributed by atoms with E-state index in [1.807, 2.05) is 24.3 Å². The summed E-state index contributed by atoms with van der Waals surface area (Å²) < 4.78 is 0. The molecule has 1 aromatic carbocycles.